The molecule has 7 nitrogen and oxygen atoms in total. The van der Waals surface area contributed by atoms with E-state index in [2.05, 4.69) is 15.9 Å². The maximum absolute atomic E-state index is 13.9. The van der Waals surface area contributed by atoms with Gasteiger partial charge in [-0.3, -0.25) is 24.1 Å². The fourth-order valence-electron chi connectivity index (χ4n) is 6.57. The van der Waals surface area contributed by atoms with Crippen molar-refractivity contribution >= 4 is 45.0 Å². The van der Waals surface area contributed by atoms with E-state index in [1.807, 2.05) is 24.3 Å². The first-order valence-electron chi connectivity index (χ1n) is 13.0. The summed E-state index contributed by atoms with van der Waals surface area (Å²) < 4.78 is 6.69. The van der Waals surface area contributed by atoms with Crippen LogP contribution in [0.2, 0.25) is 0 Å². The van der Waals surface area contributed by atoms with E-state index in [0.717, 1.165) is 10.0 Å². The standard InChI is InChI=1S/C31H26BrNO6/c1-16-14-24(35)23-15-22-19(26(28(23)29(16)36)20-4-2-3-5-25(20)39-13-12-34)10-11-21-27(22)31(38)33(30(21)37)18-8-6-17(32)7-9-18/h2-10,14,21-22,26-27,34H,11-13,15H2,1H3. The number of rotatable bonds is 5. The highest BCUT2D eigenvalue weighted by Gasteiger charge is 2.56. The van der Waals surface area contributed by atoms with Crippen LogP contribution < -0.4 is 9.64 Å². The molecule has 1 N–H and O–H groups in total. The van der Waals surface area contributed by atoms with E-state index in [0.29, 0.717) is 40.1 Å². The lowest BCUT2D eigenvalue weighted by Crippen LogP contribution is -2.40. The number of halogens is 1. The lowest BCUT2D eigenvalue weighted by Gasteiger charge is -2.42. The Bertz CT molecular complexity index is 1520. The second-order valence-corrected chi connectivity index (χ2v) is 11.2. The van der Waals surface area contributed by atoms with Crippen molar-refractivity contribution in [2.24, 2.45) is 17.8 Å². The maximum Gasteiger partial charge on any atom is 0.238 e. The van der Waals surface area contributed by atoms with Crippen LogP contribution in [0.25, 0.3) is 0 Å². The van der Waals surface area contributed by atoms with E-state index in [-0.39, 0.29) is 43.0 Å². The number of aliphatic hydroxyl groups is 1. The quantitative estimate of drug-likeness (QED) is 0.315. The fourth-order valence-corrected chi connectivity index (χ4v) is 6.83. The van der Waals surface area contributed by atoms with Crippen molar-refractivity contribution in [1.29, 1.82) is 0 Å². The molecule has 4 unspecified atom stereocenters. The largest absolute Gasteiger partial charge is 0.491 e. The van der Waals surface area contributed by atoms with Gasteiger partial charge < -0.3 is 9.84 Å². The summed E-state index contributed by atoms with van der Waals surface area (Å²) >= 11 is 3.40. The summed E-state index contributed by atoms with van der Waals surface area (Å²) in [6.07, 6.45) is 3.95. The number of aliphatic hydroxyl groups excluding tert-OH is 1. The van der Waals surface area contributed by atoms with Gasteiger partial charge in [0.1, 0.15) is 12.4 Å². The van der Waals surface area contributed by atoms with Crippen LogP contribution >= 0.6 is 15.9 Å². The van der Waals surface area contributed by atoms with Gasteiger partial charge in [0.25, 0.3) is 0 Å². The minimum Gasteiger partial charge on any atom is -0.491 e. The predicted octanol–water partition coefficient (Wildman–Crippen LogP) is 4.45. The lowest BCUT2D eigenvalue weighted by atomic mass is 9.59. The van der Waals surface area contributed by atoms with Gasteiger partial charge in [0, 0.05) is 32.7 Å². The Balaban J connectivity index is 1.48. The number of hydrogen-bond acceptors (Lipinski definition) is 6. The van der Waals surface area contributed by atoms with Crippen LogP contribution in [0.15, 0.2) is 87.4 Å². The van der Waals surface area contributed by atoms with E-state index in [1.54, 1.807) is 37.3 Å². The smallest absolute Gasteiger partial charge is 0.238 e. The summed E-state index contributed by atoms with van der Waals surface area (Å²) in [5.74, 6) is -2.64. The molecule has 1 aliphatic heterocycles. The average Bonchev–Trinajstić information content (AvgIpc) is 3.20. The number of carbonyl (C=O) groups is 4. The molecule has 2 aromatic carbocycles. The van der Waals surface area contributed by atoms with E-state index in [9.17, 15) is 24.3 Å². The number of nitrogens with zero attached hydrogens (tertiary/aromatic N) is 1. The van der Waals surface area contributed by atoms with Gasteiger partial charge in [0.05, 0.1) is 24.1 Å². The molecule has 2 aromatic rings. The number of carbonyl (C=O) groups excluding carboxylic acids is 4. The van der Waals surface area contributed by atoms with E-state index < -0.39 is 23.7 Å². The first kappa shape index (κ1) is 25.6. The third-order valence-electron chi connectivity index (χ3n) is 8.23. The van der Waals surface area contributed by atoms with Crippen molar-refractivity contribution in [2.45, 2.75) is 25.7 Å². The summed E-state index contributed by atoms with van der Waals surface area (Å²) in [6, 6.07) is 14.3. The molecule has 4 aliphatic rings. The molecule has 4 atom stereocenters. The zero-order valence-electron chi connectivity index (χ0n) is 21.2. The lowest BCUT2D eigenvalue weighted by molar-refractivity contribution is -0.123. The molecular formula is C31H26BrNO6. The molecule has 0 saturated carbocycles. The van der Waals surface area contributed by atoms with Crippen molar-refractivity contribution in [3.8, 4) is 5.75 Å². The second-order valence-electron chi connectivity index (χ2n) is 10.3. The normalized spacial score (nSPS) is 26.2. The highest BCUT2D eigenvalue weighted by molar-refractivity contribution is 9.10. The SMILES string of the molecule is CC1=CC(=O)C2=C(C1=O)C(c1ccccc1OCCO)C1=CCC3C(=O)N(c4ccc(Br)cc4)C(=O)C3C1C2. The Labute approximate surface area is 234 Å². The van der Waals surface area contributed by atoms with Crippen LogP contribution in [0, 0.1) is 17.8 Å². The molecule has 39 heavy (non-hydrogen) atoms. The van der Waals surface area contributed by atoms with E-state index >= 15 is 0 Å². The molecule has 1 saturated heterocycles. The number of ether oxygens (including phenoxy) is 1. The van der Waals surface area contributed by atoms with Crippen molar-refractivity contribution in [3.05, 3.63) is 93.0 Å². The van der Waals surface area contributed by atoms with Gasteiger partial charge in [0.15, 0.2) is 11.6 Å². The Kier molecular flexibility index (Phi) is 6.47. The van der Waals surface area contributed by atoms with Gasteiger partial charge in [-0.1, -0.05) is 45.8 Å². The average molecular weight is 588 g/mol. The monoisotopic (exact) mass is 587 g/mol. The van der Waals surface area contributed by atoms with Gasteiger partial charge in [-0.05, 0) is 62.1 Å². The van der Waals surface area contributed by atoms with Crippen LogP contribution in [0.5, 0.6) is 5.75 Å². The molecule has 198 valence electrons. The second kappa shape index (κ2) is 9.84. The molecule has 1 fully saturated rings. The minimum absolute atomic E-state index is 0.0732. The number of fused-ring (bicyclic) bond motifs is 3. The third kappa shape index (κ3) is 4.05. The van der Waals surface area contributed by atoms with Crippen LogP contribution in [0.4, 0.5) is 5.69 Å². The number of amides is 2. The van der Waals surface area contributed by atoms with E-state index in [4.69, 9.17) is 4.74 Å². The molecule has 0 radical (unpaired) electrons. The van der Waals surface area contributed by atoms with Crippen molar-refractivity contribution in [2.75, 3.05) is 18.1 Å². The van der Waals surface area contributed by atoms with Crippen LogP contribution in [0.1, 0.15) is 31.2 Å². The summed E-state index contributed by atoms with van der Waals surface area (Å²) in [5, 5.41) is 9.38. The molecule has 1 heterocycles. The highest BCUT2D eigenvalue weighted by Crippen LogP contribution is 2.56. The molecule has 0 bridgehead atoms. The number of anilines is 1. The predicted molar refractivity (Wildman–Crippen MR) is 147 cm³/mol. The van der Waals surface area contributed by atoms with E-state index in [1.165, 1.54) is 11.0 Å². The first-order valence-corrected chi connectivity index (χ1v) is 13.8. The number of benzene rings is 2. The van der Waals surface area contributed by atoms with Crippen molar-refractivity contribution < 1.29 is 29.0 Å². The summed E-state index contributed by atoms with van der Waals surface area (Å²) in [7, 11) is 0. The van der Waals surface area contributed by atoms with Gasteiger partial charge in [-0.15, -0.1) is 0 Å². The first-order chi connectivity index (χ1) is 18.8. The number of Topliss-reactive ketones (excluding diaryl/α,β-unsaturated/α-hetero) is 1. The number of allylic oxidation sites excluding steroid dienone is 6. The minimum atomic E-state index is -0.641. The zero-order valence-corrected chi connectivity index (χ0v) is 22.8. The Hall–Kier alpha value is -3.62. The van der Waals surface area contributed by atoms with Crippen LogP contribution in [0.3, 0.4) is 0 Å². The van der Waals surface area contributed by atoms with Crippen LogP contribution in [-0.2, 0) is 19.2 Å². The molecule has 0 aromatic heterocycles. The van der Waals surface area contributed by atoms with Crippen molar-refractivity contribution in [3.63, 3.8) is 0 Å². The highest BCUT2D eigenvalue weighted by atomic mass is 79.9. The number of ketones is 2. The third-order valence-corrected chi connectivity index (χ3v) is 8.76. The Morgan fingerprint density at radius 1 is 1.00 bits per heavy atom. The molecule has 8 heteroatoms. The topological polar surface area (TPSA) is 101 Å². The van der Waals surface area contributed by atoms with Gasteiger partial charge in [-0.2, -0.15) is 0 Å². The zero-order chi connectivity index (χ0) is 27.4. The fraction of sp³-hybridized carbons (Fsp3) is 0.290. The number of para-hydroxylation sites is 1. The molecule has 2 amide bonds. The van der Waals surface area contributed by atoms with Gasteiger partial charge in [0.2, 0.25) is 11.8 Å². The number of imide groups is 1. The summed E-state index contributed by atoms with van der Waals surface area (Å²) in [5.41, 5.74) is 3.27. The summed E-state index contributed by atoms with van der Waals surface area (Å²) in [4.78, 5) is 55.6. The molecular weight excluding hydrogens is 562 g/mol. The molecule has 6 rings (SSSR count). The maximum atomic E-state index is 13.9. The summed E-state index contributed by atoms with van der Waals surface area (Å²) in [6.45, 7) is 1.54. The van der Waals surface area contributed by atoms with Crippen LogP contribution in [-0.4, -0.2) is 41.7 Å². The van der Waals surface area contributed by atoms with Crippen molar-refractivity contribution in [1.82, 2.24) is 0 Å². The Morgan fingerprint density at radius 3 is 2.49 bits per heavy atom. The molecule has 0 spiro atoms. The Morgan fingerprint density at radius 2 is 1.74 bits per heavy atom. The molecule has 3 aliphatic carbocycles. The van der Waals surface area contributed by atoms with Gasteiger partial charge >= 0.3 is 0 Å². The number of hydrogen-bond donors (Lipinski definition) is 1. The van der Waals surface area contributed by atoms with Gasteiger partial charge in [-0.25, -0.2) is 0 Å².